The van der Waals surface area contributed by atoms with Crippen molar-refractivity contribution < 1.29 is 4.79 Å². The van der Waals surface area contributed by atoms with Gasteiger partial charge in [0.15, 0.2) is 11.0 Å². The van der Waals surface area contributed by atoms with Gasteiger partial charge >= 0.3 is 0 Å². The van der Waals surface area contributed by atoms with Crippen molar-refractivity contribution in [3.63, 3.8) is 0 Å². The first-order valence-corrected chi connectivity index (χ1v) is 11.0. The molecule has 4 rings (SSSR count). The summed E-state index contributed by atoms with van der Waals surface area (Å²) in [6.45, 7) is 0.930. The minimum Gasteiger partial charge on any atom is -0.339 e. The lowest BCUT2D eigenvalue weighted by Gasteiger charge is -2.44. The molecule has 5 nitrogen and oxygen atoms in total. The van der Waals surface area contributed by atoms with Gasteiger partial charge < -0.3 is 9.47 Å². The summed E-state index contributed by atoms with van der Waals surface area (Å²) in [4.78, 5) is 16.1. The third-order valence-corrected chi connectivity index (χ3v) is 7.34. The molecule has 25 heavy (non-hydrogen) atoms. The Labute approximate surface area is 156 Å². The molecular weight excluding hydrogens is 352 g/mol. The lowest BCUT2D eigenvalue weighted by Crippen LogP contribution is -2.50. The van der Waals surface area contributed by atoms with Crippen LogP contribution in [-0.4, -0.2) is 43.9 Å². The topological polar surface area (TPSA) is 51.0 Å². The molecule has 1 saturated heterocycles. The Morgan fingerprint density at radius 2 is 2.12 bits per heavy atom. The van der Waals surface area contributed by atoms with Crippen LogP contribution in [-0.2, 0) is 11.8 Å². The molecule has 1 aliphatic heterocycles. The molecule has 2 aromatic rings. The molecule has 0 bridgehead atoms. The second-order valence-corrected chi connectivity index (χ2v) is 8.86. The Bertz CT molecular complexity index is 726. The van der Waals surface area contributed by atoms with Crippen molar-refractivity contribution >= 4 is 29.0 Å². The van der Waals surface area contributed by atoms with E-state index in [1.807, 2.05) is 29.1 Å². The van der Waals surface area contributed by atoms with Crippen LogP contribution in [0.1, 0.15) is 38.5 Å². The standard InChI is InChI=1S/C18H24N4OS2/c1-21-17(15-9-5-11-24-15)19-20-18(21)25-12-16(23)22-10-4-7-13-6-2-3-8-14(13)22/h5,9,11,13-14H,2-4,6-8,10,12H2,1H3. The average Bonchev–Trinajstić information content (AvgIpc) is 3.29. The van der Waals surface area contributed by atoms with Gasteiger partial charge in [0.25, 0.3) is 0 Å². The number of thiophene rings is 1. The number of fused-ring (bicyclic) bond motifs is 1. The Morgan fingerprint density at radius 1 is 1.28 bits per heavy atom. The predicted octanol–water partition coefficient (Wildman–Crippen LogP) is 3.82. The number of hydrogen-bond acceptors (Lipinski definition) is 5. The maximum atomic E-state index is 12.8. The van der Waals surface area contributed by atoms with Crippen LogP contribution < -0.4 is 0 Å². The van der Waals surface area contributed by atoms with Crippen LogP contribution in [0.3, 0.4) is 0 Å². The number of hydrogen-bond donors (Lipinski definition) is 0. The number of carbonyl (C=O) groups excluding carboxylic acids is 1. The summed E-state index contributed by atoms with van der Waals surface area (Å²) in [5.74, 6) is 2.33. The maximum absolute atomic E-state index is 12.8. The van der Waals surface area contributed by atoms with Gasteiger partial charge in [0.05, 0.1) is 10.6 Å². The Morgan fingerprint density at radius 3 is 2.96 bits per heavy atom. The SMILES string of the molecule is Cn1c(SCC(=O)N2CCCC3CCCCC32)nnc1-c1cccs1. The summed E-state index contributed by atoms with van der Waals surface area (Å²) >= 11 is 3.16. The summed E-state index contributed by atoms with van der Waals surface area (Å²) in [7, 11) is 1.97. The predicted molar refractivity (Wildman–Crippen MR) is 102 cm³/mol. The van der Waals surface area contributed by atoms with E-state index in [0.29, 0.717) is 11.8 Å². The average molecular weight is 377 g/mol. The fourth-order valence-corrected chi connectivity index (χ4v) is 5.75. The molecule has 2 aromatic heterocycles. The van der Waals surface area contributed by atoms with E-state index in [1.54, 1.807) is 11.3 Å². The number of carbonyl (C=O) groups is 1. The zero-order chi connectivity index (χ0) is 17.2. The Balaban J connectivity index is 1.40. The van der Waals surface area contributed by atoms with E-state index >= 15 is 0 Å². The number of piperidine rings is 1. The normalized spacial score (nSPS) is 23.5. The van der Waals surface area contributed by atoms with Crippen molar-refractivity contribution in [3.8, 4) is 10.7 Å². The number of amides is 1. The van der Waals surface area contributed by atoms with Gasteiger partial charge in [-0.15, -0.1) is 21.5 Å². The van der Waals surface area contributed by atoms with Gasteiger partial charge in [0.2, 0.25) is 5.91 Å². The molecule has 2 unspecified atom stereocenters. The smallest absolute Gasteiger partial charge is 0.233 e. The van der Waals surface area contributed by atoms with Gasteiger partial charge in [-0.05, 0) is 43.0 Å². The number of likely N-dealkylation sites (tertiary alicyclic amines) is 1. The van der Waals surface area contributed by atoms with E-state index < -0.39 is 0 Å². The van der Waals surface area contributed by atoms with E-state index in [2.05, 4.69) is 15.1 Å². The second-order valence-electron chi connectivity index (χ2n) is 6.97. The summed E-state index contributed by atoms with van der Waals surface area (Å²) in [5, 5.41) is 11.4. The minimum absolute atomic E-state index is 0.266. The highest BCUT2D eigenvalue weighted by molar-refractivity contribution is 7.99. The third-order valence-electron chi connectivity index (χ3n) is 5.46. The number of thioether (sulfide) groups is 1. The molecule has 2 atom stereocenters. The van der Waals surface area contributed by atoms with Gasteiger partial charge in [0.1, 0.15) is 0 Å². The van der Waals surface area contributed by atoms with Crippen molar-refractivity contribution in [2.75, 3.05) is 12.3 Å². The zero-order valence-electron chi connectivity index (χ0n) is 14.6. The monoisotopic (exact) mass is 376 g/mol. The van der Waals surface area contributed by atoms with Gasteiger partial charge in [0, 0.05) is 19.6 Å². The van der Waals surface area contributed by atoms with Crippen LogP contribution in [0.25, 0.3) is 10.7 Å². The van der Waals surface area contributed by atoms with Crippen molar-refractivity contribution in [3.05, 3.63) is 17.5 Å². The molecule has 0 aromatic carbocycles. The first-order chi connectivity index (χ1) is 12.2. The molecular formula is C18H24N4OS2. The highest BCUT2D eigenvalue weighted by Gasteiger charge is 2.35. The third kappa shape index (κ3) is 3.49. The number of rotatable bonds is 4. The van der Waals surface area contributed by atoms with Crippen molar-refractivity contribution in [1.29, 1.82) is 0 Å². The van der Waals surface area contributed by atoms with Gasteiger partial charge in [-0.1, -0.05) is 30.7 Å². The van der Waals surface area contributed by atoms with Crippen LogP contribution in [0.2, 0.25) is 0 Å². The molecule has 3 heterocycles. The number of aromatic nitrogens is 3. The van der Waals surface area contributed by atoms with E-state index in [4.69, 9.17) is 0 Å². The van der Waals surface area contributed by atoms with Gasteiger partial charge in [-0.2, -0.15) is 0 Å². The maximum Gasteiger partial charge on any atom is 0.233 e. The van der Waals surface area contributed by atoms with Crippen molar-refractivity contribution in [1.82, 2.24) is 19.7 Å². The Hall–Kier alpha value is -1.34. The molecule has 1 aliphatic carbocycles. The Kier molecular flexibility index (Phi) is 5.12. The first kappa shape index (κ1) is 17.1. The lowest BCUT2D eigenvalue weighted by molar-refractivity contribution is -0.134. The quantitative estimate of drug-likeness (QED) is 0.761. The summed E-state index contributed by atoms with van der Waals surface area (Å²) in [6.07, 6.45) is 7.55. The van der Waals surface area contributed by atoms with E-state index in [0.717, 1.165) is 34.7 Å². The van der Waals surface area contributed by atoms with Gasteiger partial charge in [-0.25, -0.2) is 0 Å². The molecule has 1 amide bonds. The van der Waals surface area contributed by atoms with Crippen LogP contribution in [0.4, 0.5) is 0 Å². The largest absolute Gasteiger partial charge is 0.339 e. The fourth-order valence-electron chi connectivity index (χ4n) is 4.20. The molecule has 0 radical (unpaired) electrons. The van der Waals surface area contributed by atoms with E-state index in [1.165, 1.54) is 43.9 Å². The molecule has 134 valence electrons. The zero-order valence-corrected chi connectivity index (χ0v) is 16.2. The highest BCUT2D eigenvalue weighted by Crippen LogP contribution is 2.35. The first-order valence-electron chi connectivity index (χ1n) is 9.09. The van der Waals surface area contributed by atoms with Crippen molar-refractivity contribution in [2.24, 2.45) is 13.0 Å². The second kappa shape index (κ2) is 7.50. The molecule has 2 aliphatic rings. The summed E-state index contributed by atoms with van der Waals surface area (Å²) < 4.78 is 1.99. The molecule has 1 saturated carbocycles. The molecule has 0 spiro atoms. The van der Waals surface area contributed by atoms with Crippen molar-refractivity contribution in [2.45, 2.75) is 49.7 Å². The molecule has 2 fully saturated rings. The summed E-state index contributed by atoms with van der Waals surface area (Å²) in [5.41, 5.74) is 0. The van der Waals surface area contributed by atoms with Crippen LogP contribution in [0, 0.1) is 5.92 Å². The molecule has 7 heteroatoms. The van der Waals surface area contributed by atoms with E-state index in [-0.39, 0.29) is 5.91 Å². The lowest BCUT2D eigenvalue weighted by atomic mass is 9.78. The van der Waals surface area contributed by atoms with E-state index in [9.17, 15) is 4.79 Å². The van der Waals surface area contributed by atoms with Crippen LogP contribution >= 0.6 is 23.1 Å². The minimum atomic E-state index is 0.266. The number of nitrogens with zero attached hydrogens (tertiary/aromatic N) is 4. The fraction of sp³-hybridized carbons (Fsp3) is 0.611. The summed E-state index contributed by atoms with van der Waals surface area (Å²) in [6, 6.07) is 4.55. The van der Waals surface area contributed by atoms with Crippen LogP contribution in [0.5, 0.6) is 0 Å². The van der Waals surface area contributed by atoms with Gasteiger partial charge in [-0.3, -0.25) is 4.79 Å². The molecule has 0 N–H and O–H groups in total. The highest BCUT2D eigenvalue weighted by atomic mass is 32.2. The van der Waals surface area contributed by atoms with Crippen LogP contribution in [0.15, 0.2) is 22.7 Å².